The molecule has 0 N–H and O–H groups in total. The van der Waals surface area contributed by atoms with Crippen molar-refractivity contribution in [2.75, 3.05) is 9.80 Å². The van der Waals surface area contributed by atoms with Crippen molar-refractivity contribution in [2.45, 2.75) is 0 Å². The molecule has 3 heteroatoms. The van der Waals surface area contributed by atoms with Crippen molar-refractivity contribution in [3.05, 3.63) is 218 Å². The lowest BCUT2D eigenvalue weighted by Gasteiger charge is -2.35. The maximum absolute atomic E-state index is 2.50. The molecule has 260 valence electrons. The number of rotatable bonds is 8. The average molecular weight is 721 g/mol. The summed E-state index contributed by atoms with van der Waals surface area (Å²) >= 11 is 1.88. The zero-order chi connectivity index (χ0) is 36.6. The molecule has 0 amide bonds. The Labute approximate surface area is 325 Å². The molecule has 0 aliphatic rings. The van der Waals surface area contributed by atoms with Crippen LogP contribution in [0.15, 0.2) is 218 Å². The van der Waals surface area contributed by atoms with E-state index >= 15 is 0 Å². The predicted octanol–water partition coefficient (Wildman–Crippen LogP) is 15.5. The Morgan fingerprint density at radius 3 is 1.44 bits per heavy atom. The van der Waals surface area contributed by atoms with Crippen LogP contribution in [0.3, 0.4) is 0 Å². The highest BCUT2D eigenvalue weighted by Crippen LogP contribution is 2.55. The van der Waals surface area contributed by atoms with Crippen molar-refractivity contribution in [1.82, 2.24) is 0 Å². The van der Waals surface area contributed by atoms with E-state index in [4.69, 9.17) is 0 Å². The van der Waals surface area contributed by atoms with Crippen LogP contribution < -0.4 is 9.80 Å². The molecule has 0 saturated carbocycles. The molecule has 0 spiro atoms. The van der Waals surface area contributed by atoms with E-state index in [-0.39, 0.29) is 0 Å². The van der Waals surface area contributed by atoms with Gasteiger partial charge in [0.25, 0.3) is 0 Å². The first-order valence-electron chi connectivity index (χ1n) is 18.7. The average Bonchev–Trinajstić information content (AvgIpc) is 3.66. The van der Waals surface area contributed by atoms with Crippen LogP contribution in [0.25, 0.3) is 53.2 Å². The van der Waals surface area contributed by atoms with E-state index < -0.39 is 0 Å². The highest BCUT2D eigenvalue weighted by molar-refractivity contribution is 7.26. The molecule has 0 aliphatic heterocycles. The maximum atomic E-state index is 2.50. The first kappa shape index (κ1) is 32.7. The van der Waals surface area contributed by atoms with Gasteiger partial charge in [-0.15, -0.1) is 11.3 Å². The van der Waals surface area contributed by atoms with Gasteiger partial charge < -0.3 is 9.80 Å². The van der Waals surface area contributed by atoms with Crippen molar-refractivity contribution < 1.29 is 0 Å². The summed E-state index contributed by atoms with van der Waals surface area (Å²) in [5.74, 6) is 0. The van der Waals surface area contributed by atoms with Crippen LogP contribution in [0.4, 0.5) is 34.1 Å². The second kappa shape index (κ2) is 14.1. The van der Waals surface area contributed by atoms with Gasteiger partial charge >= 0.3 is 0 Å². The lowest BCUT2D eigenvalue weighted by atomic mass is 9.98. The summed E-state index contributed by atoms with van der Waals surface area (Å²) in [6.07, 6.45) is 0. The van der Waals surface area contributed by atoms with Gasteiger partial charge in [0.2, 0.25) is 0 Å². The molecule has 0 unspecified atom stereocenters. The van der Waals surface area contributed by atoms with Gasteiger partial charge in [-0.1, -0.05) is 170 Å². The molecule has 1 aromatic heterocycles. The molecule has 2 nitrogen and oxygen atoms in total. The van der Waals surface area contributed by atoms with Crippen LogP contribution in [0.5, 0.6) is 0 Å². The van der Waals surface area contributed by atoms with Crippen LogP contribution in [-0.4, -0.2) is 0 Å². The fourth-order valence-corrected chi connectivity index (χ4v) is 9.23. The zero-order valence-corrected chi connectivity index (χ0v) is 30.9. The lowest BCUT2D eigenvalue weighted by molar-refractivity contribution is 1.24. The minimum atomic E-state index is 1.08. The molecule has 0 fully saturated rings. The van der Waals surface area contributed by atoms with E-state index in [2.05, 4.69) is 228 Å². The van der Waals surface area contributed by atoms with Crippen molar-refractivity contribution in [1.29, 1.82) is 0 Å². The van der Waals surface area contributed by atoms with Crippen molar-refractivity contribution in [3.8, 4) is 22.3 Å². The second-order valence-electron chi connectivity index (χ2n) is 13.7. The van der Waals surface area contributed by atoms with Gasteiger partial charge in [-0.05, 0) is 70.4 Å². The van der Waals surface area contributed by atoms with Gasteiger partial charge in [-0.25, -0.2) is 0 Å². The van der Waals surface area contributed by atoms with Crippen molar-refractivity contribution in [3.63, 3.8) is 0 Å². The van der Waals surface area contributed by atoms with Crippen LogP contribution in [0, 0.1) is 0 Å². The molecule has 0 bridgehead atoms. The van der Waals surface area contributed by atoms with Crippen LogP contribution in [0.2, 0.25) is 0 Å². The molecule has 1 heterocycles. The maximum Gasteiger partial charge on any atom is 0.0796 e. The number of fused-ring (bicyclic) bond motifs is 5. The molecule has 9 aromatic carbocycles. The Kier molecular flexibility index (Phi) is 8.40. The van der Waals surface area contributed by atoms with Crippen LogP contribution in [0.1, 0.15) is 0 Å². The standard InChI is InChI=1S/C52H36N2S/c1-5-19-37(20-6-1)42-28-15-17-31-46(42)53(40-24-9-3-10-25-40)48-35-36-49-50(45-34-33-39-23-13-14-30-44(39)52(45)55-49)51(48)54(41-26-11-4-12-27-41)47-32-18-16-29-43(47)38-21-7-2-8-22-38/h1-36H. The van der Waals surface area contributed by atoms with Gasteiger partial charge in [0.05, 0.1) is 22.7 Å². The van der Waals surface area contributed by atoms with E-state index in [0.29, 0.717) is 0 Å². The van der Waals surface area contributed by atoms with Gasteiger partial charge in [0.1, 0.15) is 0 Å². The Morgan fingerprint density at radius 1 is 0.327 bits per heavy atom. The SMILES string of the molecule is c1ccc(-c2ccccc2N(c2ccccc2)c2ccc3sc4c5ccccc5ccc4c3c2N(c2ccccc2)c2ccccc2-c2ccccc2)cc1. The monoisotopic (exact) mass is 720 g/mol. The summed E-state index contributed by atoms with van der Waals surface area (Å²) in [4.78, 5) is 4.96. The van der Waals surface area contributed by atoms with Crippen LogP contribution in [-0.2, 0) is 0 Å². The van der Waals surface area contributed by atoms with Gasteiger partial charge in [-0.3, -0.25) is 0 Å². The highest BCUT2D eigenvalue weighted by atomic mass is 32.1. The number of thiophene rings is 1. The van der Waals surface area contributed by atoms with Crippen molar-refractivity contribution in [2.24, 2.45) is 0 Å². The third-order valence-corrected chi connectivity index (χ3v) is 11.6. The molecule has 10 aromatic rings. The molecule has 10 rings (SSSR count). The quantitative estimate of drug-likeness (QED) is 0.154. The fraction of sp³-hybridized carbons (Fsp3) is 0. The number of para-hydroxylation sites is 4. The summed E-state index contributed by atoms with van der Waals surface area (Å²) in [5, 5.41) is 5.01. The van der Waals surface area contributed by atoms with Crippen LogP contribution >= 0.6 is 11.3 Å². The number of hydrogen-bond donors (Lipinski definition) is 0. The highest BCUT2D eigenvalue weighted by Gasteiger charge is 2.29. The third kappa shape index (κ3) is 5.83. The molecule has 0 aliphatic carbocycles. The summed E-state index contributed by atoms with van der Waals surface area (Å²) in [6.45, 7) is 0. The molecule has 0 saturated heterocycles. The molecule has 55 heavy (non-hydrogen) atoms. The minimum absolute atomic E-state index is 1.08. The molecular formula is C52H36N2S. The van der Waals surface area contributed by atoms with E-state index in [9.17, 15) is 0 Å². The topological polar surface area (TPSA) is 6.48 Å². The van der Waals surface area contributed by atoms with E-state index in [1.54, 1.807) is 0 Å². The summed E-state index contributed by atoms with van der Waals surface area (Å²) in [5.41, 5.74) is 11.3. The Morgan fingerprint density at radius 2 is 0.818 bits per heavy atom. The van der Waals surface area contributed by atoms with E-state index in [1.807, 2.05) is 11.3 Å². The Hall–Kier alpha value is -6.94. The minimum Gasteiger partial charge on any atom is -0.308 e. The number of benzene rings is 9. The largest absolute Gasteiger partial charge is 0.308 e. The number of anilines is 6. The number of hydrogen-bond acceptors (Lipinski definition) is 3. The summed E-state index contributed by atoms with van der Waals surface area (Å²) in [6, 6.07) is 78.8. The van der Waals surface area contributed by atoms with Gasteiger partial charge in [0.15, 0.2) is 0 Å². The third-order valence-electron chi connectivity index (χ3n) is 10.4. The van der Waals surface area contributed by atoms with Gasteiger partial charge in [0, 0.05) is 42.7 Å². The molecule has 0 atom stereocenters. The van der Waals surface area contributed by atoms with Gasteiger partial charge in [-0.2, -0.15) is 0 Å². The number of nitrogens with zero attached hydrogens (tertiary/aromatic N) is 2. The molecule has 0 radical (unpaired) electrons. The predicted molar refractivity (Wildman–Crippen MR) is 237 cm³/mol. The van der Waals surface area contributed by atoms with E-state index in [1.165, 1.54) is 42.1 Å². The first-order valence-corrected chi connectivity index (χ1v) is 19.5. The Bertz CT molecular complexity index is 2920. The molecular weight excluding hydrogens is 685 g/mol. The summed E-state index contributed by atoms with van der Waals surface area (Å²) < 4.78 is 2.54. The van der Waals surface area contributed by atoms with E-state index in [0.717, 1.165) is 45.3 Å². The second-order valence-corrected chi connectivity index (χ2v) is 14.7. The first-order chi connectivity index (χ1) is 27.3. The fourth-order valence-electron chi connectivity index (χ4n) is 7.99. The summed E-state index contributed by atoms with van der Waals surface area (Å²) in [7, 11) is 0. The van der Waals surface area contributed by atoms with Crippen molar-refractivity contribution >= 4 is 76.4 Å². The Balaban J connectivity index is 1.37. The zero-order valence-electron chi connectivity index (χ0n) is 30.1. The lowest BCUT2D eigenvalue weighted by Crippen LogP contribution is -2.18. The normalized spacial score (nSPS) is 11.3. The smallest absolute Gasteiger partial charge is 0.0796 e.